The maximum atomic E-state index is 13.9. The highest BCUT2D eigenvalue weighted by atomic mass is 35.5. The number of rotatable bonds is 11. The van der Waals surface area contributed by atoms with Crippen LogP contribution in [0.15, 0.2) is 36.4 Å². The molecule has 18 heteroatoms. The molecule has 1 amide bonds. The molecule has 0 aromatic heterocycles. The maximum Gasteiger partial charge on any atom is 0.417 e. The zero-order valence-corrected chi connectivity index (χ0v) is 25.2. The summed E-state index contributed by atoms with van der Waals surface area (Å²) in [7, 11) is -3.79. The molecule has 44 heavy (non-hydrogen) atoms. The van der Waals surface area contributed by atoms with E-state index in [4.69, 9.17) is 34.8 Å². The minimum atomic E-state index is -5.24. The monoisotopic (exact) mass is 719 g/mol. The second-order valence-corrected chi connectivity index (χ2v) is 13.0. The van der Waals surface area contributed by atoms with Crippen LogP contribution in [-0.4, -0.2) is 51.0 Å². The van der Waals surface area contributed by atoms with E-state index in [0.29, 0.717) is 24.3 Å². The van der Waals surface area contributed by atoms with Crippen LogP contribution in [0.25, 0.3) is 6.08 Å². The smallest absolute Gasteiger partial charge is 0.347 e. The fourth-order valence-corrected chi connectivity index (χ4v) is 5.19. The number of benzene rings is 2. The van der Waals surface area contributed by atoms with Crippen molar-refractivity contribution in [2.24, 2.45) is 5.92 Å². The summed E-state index contributed by atoms with van der Waals surface area (Å²) in [5.41, 5.74) is -3.54. The Balaban J connectivity index is 2.46. The van der Waals surface area contributed by atoms with Gasteiger partial charge in [0.25, 0.3) is 0 Å². The first-order valence-corrected chi connectivity index (χ1v) is 15.2. The molecule has 0 bridgehead atoms. The van der Waals surface area contributed by atoms with Crippen LogP contribution in [0.2, 0.25) is 15.1 Å². The van der Waals surface area contributed by atoms with Gasteiger partial charge in [-0.15, -0.1) is 0 Å². The van der Waals surface area contributed by atoms with Crippen LogP contribution in [-0.2, 0) is 20.8 Å². The lowest BCUT2D eigenvalue weighted by Crippen LogP contribution is -2.39. The summed E-state index contributed by atoms with van der Waals surface area (Å²) in [4.78, 5) is 25.2. The van der Waals surface area contributed by atoms with Crippen LogP contribution < -0.4 is 5.32 Å². The van der Waals surface area contributed by atoms with Crippen LogP contribution in [0.5, 0.6) is 0 Å². The van der Waals surface area contributed by atoms with E-state index in [2.05, 4.69) is 0 Å². The number of carbonyl (C=O) groups excluding carboxylic acids is 2. The van der Waals surface area contributed by atoms with Gasteiger partial charge in [-0.1, -0.05) is 59.1 Å². The summed E-state index contributed by atoms with van der Waals surface area (Å²) < 4.78 is 144. The number of hydrogen-bond acceptors (Lipinski definition) is 4. The highest BCUT2D eigenvalue weighted by Crippen LogP contribution is 2.41. The number of sulfone groups is 1. The number of Topliss-reactive ketones (excluding diaryl/α,β-unsaturated/α-hetero) is 1. The molecular formula is C26H21Cl3F9NO4S. The molecule has 0 aliphatic heterocycles. The van der Waals surface area contributed by atoms with Crippen molar-refractivity contribution < 1.29 is 57.5 Å². The van der Waals surface area contributed by atoms with Gasteiger partial charge in [0.2, 0.25) is 5.91 Å². The molecule has 0 saturated heterocycles. The predicted molar refractivity (Wildman–Crippen MR) is 147 cm³/mol. The van der Waals surface area contributed by atoms with E-state index in [1.807, 2.05) is 0 Å². The molecule has 2 aromatic carbocycles. The van der Waals surface area contributed by atoms with Crippen LogP contribution in [0.1, 0.15) is 45.8 Å². The average molecular weight is 721 g/mol. The van der Waals surface area contributed by atoms with Gasteiger partial charge in [0, 0.05) is 24.2 Å². The Morgan fingerprint density at radius 3 is 1.98 bits per heavy atom. The molecule has 5 nitrogen and oxygen atoms in total. The van der Waals surface area contributed by atoms with Gasteiger partial charge in [-0.2, -0.15) is 39.5 Å². The van der Waals surface area contributed by atoms with Crippen molar-refractivity contribution in [2.75, 3.05) is 18.6 Å². The van der Waals surface area contributed by atoms with E-state index in [9.17, 15) is 57.5 Å². The van der Waals surface area contributed by atoms with Crippen molar-refractivity contribution in [1.82, 2.24) is 5.32 Å². The molecule has 2 atom stereocenters. The van der Waals surface area contributed by atoms with E-state index < -0.39 is 99.3 Å². The van der Waals surface area contributed by atoms with Crippen molar-refractivity contribution in [3.05, 3.63) is 73.7 Å². The Morgan fingerprint density at radius 1 is 0.932 bits per heavy atom. The fourth-order valence-electron chi connectivity index (χ4n) is 3.86. The first-order chi connectivity index (χ1) is 19.9. The third kappa shape index (κ3) is 11.5. The SMILES string of the molecule is CS(=O)(=O)CC[C@@H](CC(=O)c1ccc(/C=C/C(c2cc(Cl)c(Cl)c(Cl)c2)C(F)(F)F)cc1C(F)(F)F)C(=O)NCC(F)(F)F. The van der Waals surface area contributed by atoms with Gasteiger partial charge in [0.15, 0.2) is 5.78 Å². The lowest BCUT2D eigenvalue weighted by atomic mass is 9.91. The Hall–Kier alpha value is -2.49. The third-order valence-corrected chi connectivity index (χ3v) is 8.13. The Kier molecular flexibility index (Phi) is 12.2. The lowest BCUT2D eigenvalue weighted by molar-refractivity contribution is -0.140. The summed E-state index contributed by atoms with van der Waals surface area (Å²) in [5, 5.41) is 0.651. The number of amides is 1. The first kappa shape index (κ1) is 37.7. The molecule has 0 radical (unpaired) electrons. The Morgan fingerprint density at radius 2 is 1.50 bits per heavy atom. The van der Waals surface area contributed by atoms with E-state index in [1.54, 1.807) is 0 Å². The number of ketones is 1. The number of allylic oxidation sites excluding steroid dienone is 1. The van der Waals surface area contributed by atoms with E-state index in [1.165, 1.54) is 5.32 Å². The lowest BCUT2D eigenvalue weighted by Gasteiger charge is -2.19. The van der Waals surface area contributed by atoms with Crippen molar-refractivity contribution in [3.63, 3.8) is 0 Å². The van der Waals surface area contributed by atoms with E-state index in [-0.39, 0.29) is 15.1 Å². The number of hydrogen-bond donors (Lipinski definition) is 1. The maximum absolute atomic E-state index is 13.9. The molecule has 0 saturated carbocycles. The van der Waals surface area contributed by atoms with Crippen molar-refractivity contribution in [1.29, 1.82) is 0 Å². The molecule has 0 fully saturated rings. The fraction of sp³-hybridized carbons (Fsp3) is 0.385. The molecule has 244 valence electrons. The molecule has 2 rings (SSSR count). The van der Waals surface area contributed by atoms with Gasteiger partial charge in [0.05, 0.1) is 32.3 Å². The number of halogens is 12. The number of alkyl halides is 9. The van der Waals surface area contributed by atoms with Gasteiger partial charge in [-0.25, -0.2) is 8.42 Å². The van der Waals surface area contributed by atoms with Gasteiger partial charge in [0.1, 0.15) is 16.4 Å². The Bertz CT molecular complexity index is 1500. The molecule has 0 heterocycles. The normalized spacial score (nSPS) is 14.5. The van der Waals surface area contributed by atoms with Gasteiger partial charge in [-0.3, -0.25) is 9.59 Å². The summed E-state index contributed by atoms with van der Waals surface area (Å²) in [6, 6.07) is 3.64. The van der Waals surface area contributed by atoms with Crippen LogP contribution in [0.3, 0.4) is 0 Å². The second kappa shape index (κ2) is 14.3. The Labute approximate surface area is 260 Å². The molecule has 2 aromatic rings. The molecule has 0 spiro atoms. The predicted octanol–water partition coefficient (Wildman–Crippen LogP) is 8.33. The quantitative estimate of drug-likeness (QED) is 0.144. The van der Waals surface area contributed by atoms with Crippen LogP contribution in [0.4, 0.5) is 39.5 Å². The van der Waals surface area contributed by atoms with Crippen LogP contribution >= 0.6 is 34.8 Å². The molecule has 0 aliphatic rings. The largest absolute Gasteiger partial charge is 0.417 e. The minimum Gasteiger partial charge on any atom is -0.347 e. The van der Waals surface area contributed by atoms with Crippen molar-refractivity contribution in [2.45, 2.75) is 37.3 Å². The highest BCUT2D eigenvalue weighted by molar-refractivity contribution is 7.90. The zero-order chi connectivity index (χ0) is 33.8. The topological polar surface area (TPSA) is 80.3 Å². The van der Waals surface area contributed by atoms with Crippen molar-refractivity contribution >= 4 is 62.4 Å². The second-order valence-electron chi connectivity index (χ2n) is 9.56. The van der Waals surface area contributed by atoms with Gasteiger partial charge < -0.3 is 5.32 Å². The minimum absolute atomic E-state index is 0.214. The number of carbonyl (C=O) groups is 2. The molecule has 0 aliphatic carbocycles. The first-order valence-electron chi connectivity index (χ1n) is 12.0. The van der Waals surface area contributed by atoms with Gasteiger partial charge >= 0.3 is 18.5 Å². The summed E-state index contributed by atoms with van der Waals surface area (Å²) >= 11 is 17.4. The molecular weight excluding hydrogens is 700 g/mol. The zero-order valence-electron chi connectivity index (χ0n) is 22.1. The van der Waals surface area contributed by atoms with E-state index in [0.717, 1.165) is 24.5 Å². The third-order valence-electron chi connectivity index (χ3n) is 5.95. The summed E-state index contributed by atoms with van der Waals surface area (Å²) in [5.74, 6) is -7.67. The average Bonchev–Trinajstić information content (AvgIpc) is 2.85. The van der Waals surface area contributed by atoms with E-state index >= 15 is 0 Å². The number of nitrogens with one attached hydrogen (secondary N) is 1. The van der Waals surface area contributed by atoms with Gasteiger partial charge in [-0.05, 0) is 35.7 Å². The van der Waals surface area contributed by atoms with Crippen LogP contribution in [0, 0.1) is 5.92 Å². The molecule has 1 N–H and O–H groups in total. The highest BCUT2D eigenvalue weighted by Gasteiger charge is 2.40. The molecule has 1 unspecified atom stereocenters. The summed E-state index contributed by atoms with van der Waals surface area (Å²) in [6.07, 6.45) is -14.8. The summed E-state index contributed by atoms with van der Waals surface area (Å²) in [6.45, 7) is -1.84. The standard InChI is InChI=1S/C26H21Cl3F9NO4S/c1-44(42,43)7-6-14(23(41)39-12-24(30,31)32)11-21(40)16-4-2-13(8-18(16)26(36,37)38)3-5-17(25(33,34)35)15-9-19(27)22(29)20(28)10-15/h2-5,8-10,14,17H,6-7,11-12H2,1H3,(H,39,41)/b5-3+/t14-,17?/m0/s1. The van der Waals surface area contributed by atoms with Crippen molar-refractivity contribution in [3.8, 4) is 0 Å².